The highest BCUT2D eigenvalue weighted by Gasteiger charge is 2.00. The van der Waals surface area contributed by atoms with Crippen molar-refractivity contribution in [2.24, 2.45) is 5.73 Å². The van der Waals surface area contributed by atoms with Crippen LogP contribution in [0.25, 0.3) is 5.65 Å². The van der Waals surface area contributed by atoms with Crippen LogP contribution in [-0.4, -0.2) is 20.3 Å². The van der Waals surface area contributed by atoms with Gasteiger partial charge in [-0.3, -0.25) is 5.41 Å². The van der Waals surface area contributed by atoms with Crippen LogP contribution in [0.5, 0.6) is 0 Å². The lowest BCUT2D eigenvalue weighted by Crippen LogP contribution is -2.05. The van der Waals surface area contributed by atoms with Gasteiger partial charge in [0.1, 0.15) is 5.65 Å². The molecule has 4 nitrogen and oxygen atoms in total. The minimum Gasteiger partial charge on any atom is -0.379 e. The van der Waals surface area contributed by atoms with Gasteiger partial charge in [0.05, 0.1) is 5.69 Å². The Balaban J connectivity index is 0.00000128. The van der Waals surface area contributed by atoms with Crippen molar-refractivity contribution in [3.05, 3.63) is 36.3 Å². The predicted molar refractivity (Wildman–Crippen MR) is 70.5 cm³/mol. The summed E-state index contributed by atoms with van der Waals surface area (Å²) in [5.74, 6) is 0.805. The van der Waals surface area contributed by atoms with Crippen LogP contribution >= 0.6 is 24.2 Å². The van der Waals surface area contributed by atoms with Gasteiger partial charge in [0.15, 0.2) is 5.17 Å². The van der Waals surface area contributed by atoms with E-state index < -0.39 is 0 Å². The van der Waals surface area contributed by atoms with E-state index in [-0.39, 0.29) is 17.6 Å². The fourth-order valence-corrected chi connectivity index (χ4v) is 1.90. The predicted octanol–water partition coefficient (Wildman–Crippen LogP) is 1.93. The van der Waals surface area contributed by atoms with Gasteiger partial charge in [-0.1, -0.05) is 17.8 Å². The molecule has 0 aliphatic rings. The molecule has 3 N–H and O–H groups in total. The number of amidine groups is 1. The molecule has 2 rings (SSSR count). The van der Waals surface area contributed by atoms with Gasteiger partial charge in [-0.2, -0.15) is 0 Å². The maximum atomic E-state index is 7.08. The molecule has 0 unspecified atom stereocenters. The molecule has 0 aromatic carbocycles. The van der Waals surface area contributed by atoms with Crippen LogP contribution in [0.1, 0.15) is 5.69 Å². The zero-order chi connectivity index (χ0) is 10.7. The molecule has 2 heterocycles. The van der Waals surface area contributed by atoms with Crippen molar-refractivity contribution >= 4 is 35.0 Å². The number of nitrogens with zero attached hydrogens (tertiary/aromatic N) is 2. The minimum absolute atomic E-state index is 0. The van der Waals surface area contributed by atoms with Gasteiger partial charge in [0.25, 0.3) is 0 Å². The van der Waals surface area contributed by atoms with E-state index in [2.05, 4.69) is 4.98 Å². The number of nitrogens with two attached hydrogens (primary N) is 1. The van der Waals surface area contributed by atoms with Crippen molar-refractivity contribution in [3.8, 4) is 0 Å². The summed E-state index contributed by atoms with van der Waals surface area (Å²) in [7, 11) is 0. The number of hydrogen-bond donors (Lipinski definition) is 2. The first-order chi connectivity index (χ1) is 7.25. The van der Waals surface area contributed by atoms with Gasteiger partial charge in [-0.05, 0) is 12.1 Å². The van der Waals surface area contributed by atoms with E-state index in [1.165, 1.54) is 11.8 Å². The number of halogens is 1. The van der Waals surface area contributed by atoms with E-state index in [1.54, 1.807) is 0 Å². The van der Waals surface area contributed by atoms with Crippen LogP contribution in [0, 0.1) is 5.41 Å². The third-order valence-corrected chi connectivity index (χ3v) is 2.75. The molecule has 0 radical (unpaired) electrons. The van der Waals surface area contributed by atoms with Crippen molar-refractivity contribution < 1.29 is 0 Å². The van der Waals surface area contributed by atoms with Crippen LogP contribution in [0.4, 0.5) is 0 Å². The second-order valence-corrected chi connectivity index (χ2v) is 4.30. The van der Waals surface area contributed by atoms with E-state index in [4.69, 9.17) is 11.1 Å². The van der Waals surface area contributed by atoms with E-state index in [9.17, 15) is 0 Å². The first-order valence-electron chi connectivity index (χ1n) is 4.65. The number of thioether (sulfide) groups is 1. The van der Waals surface area contributed by atoms with Gasteiger partial charge in [0.2, 0.25) is 0 Å². The van der Waals surface area contributed by atoms with E-state index in [0.29, 0.717) is 0 Å². The molecule has 2 aromatic heterocycles. The molecule has 16 heavy (non-hydrogen) atoms. The molecular weight excluding hydrogens is 244 g/mol. The standard InChI is InChI=1S/C10H12N4S.ClH/c11-10(12)15-6-4-8-7-14-5-2-1-3-9(14)13-8;/h1-3,5,7H,4,6H2,(H3,11,12);1H. The molecule has 0 atom stereocenters. The maximum absolute atomic E-state index is 7.08. The molecule has 0 saturated carbocycles. The molecular formula is C10H13ClN4S. The largest absolute Gasteiger partial charge is 0.379 e. The molecule has 0 fully saturated rings. The Morgan fingerprint density at radius 1 is 1.50 bits per heavy atom. The number of aromatic nitrogens is 2. The molecule has 0 bridgehead atoms. The fraction of sp³-hybridized carbons (Fsp3) is 0.200. The zero-order valence-corrected chi connectivity index (χ0v) is 10.2. The highest BCUT2D eigenvalue weighted by Crippen LogP contribution is 2.08. The Morgan fingerprint density at radius 3 is 3.00 bits per heavy atom. The number of nitrogens with one attached hydrogen (secondary N) is 1. The summed E-state index contributed by atoms with van der Waals surface area (Å²) in [5, 5.41) is 7.25. The summed E-state index contributed by atoms with van der Waals surface area (Å²) in [6.07, 6.45) is 4.83. The van der Waals surface area contributed by atoms with Crippen molar-refractivity contribution in [3.63, 3.8) is 0 Å². The normalized spacial score (nSPS) is 10.0. The Bertz CT molecular complexity index is 449. The molecule has 86 valence electrons. The highest BCUT2D eigenvalue weighted by atomic mass is 35.5. The number of pyridine rings is 1. The number of rotatable bonds is 3. The number of aryl methyl sites for hydroxylation is 1. The molecule has 6 heteroatoms. The topological polar surface area (TPSA) is 67.2 Å². The van der Waals surface area contributed by atoms with Gasteiger partial charge in [0, 0.05) is 24.6 Å². The summed E-state index contributed by atoms with van der Waals surface area (Å²) in [4.78, 5) is 4.45. The molecule has 2 aromatic rings. The Labute approximate surface area is 104 Å². The summed E-state index contributed by atoms with van der Waals surface area (Å²) >= 11 is 1.35. The SMILES string of the molecule is Cl.N=C(N)SCCc1cn2ccccc2n1. The number of imidazole rings is 1. The van der Waals surface area contributed by atoms with Crippen molar-refractivity contribution in [1.82, 2.24) is 9.38 Å². The lowest BCUT2D eigenvalue weighted by molar-refractivity contribution is 1.08. The van der Waals surface area contributed by atoms with Gasteiger partial charge in [-0.25, -0.2) is 4.98 Å². The Kier molecular flexibility index (Phi) is 4.64. The highest BCUT2D eigenvalue weighted by molar-refractivity contribution is 8.13. The summed E-state index contributed by atoms with van der Waals surface area (Å²) < 4.78 is 1.99. The van der Waals surface area contributed by atoms with Crippen LogP contribution in [0.15, 0.2) is 30.6 Å². The van der Waals surface area contributed by atoms with Gasteiger partial charge in [-0.15, -0.1) is 12.4 Å². The smallest absolute Gasteiger partial charge is 0.151 e. The quantitative estimate of drug-likeness (QED) is 0.651. The van der Waals surface area contributed by atoms with Crippen LogP contribution in [-0.2, 0) is 6.42 Å². The molecule has 0 aliphatic heterocycles. The van der Waals surface area contributed by atoms with E-state index in [0.717, 1.165) is 23.5 Å². The second-order valence-electron chi connectivity index (χ2n) is 3.16. The number of hydrogen-bond acceptors (Lipinski definition) is 3. The van der Waals surface area contributed by atoms with Crippen molar-refractivity contribution in [2.75, 3.05) is 5.75 Å². The Hall–Kier alpha value is -1.20. The third-order valence-electron chi connectivity index (χ3n) is 2.03. The summed E-state index contributed by atoms with van der Waals surface area (Å²) in [5.41, 5.74) is 7.25. The summed E-state index contributed by atoms with van der Waals surface area (Å²) in [6.45, 7) is 0. The van der Waals surface area contributed by atoms with Crippen LogP contribution < -0.4 is 5.73 Å². The Morgan fingerprint density at radius 2 is 2.31 bits per heavy atom. The monoisotopic (exact) mass is 256 g/mol. The van der Waals surface area contributed by atoms with Crippen LogP contribution in [0.3, 0.4) is 0 Å². The van der Waals surface area contributed by atoms with Crippen molar-refractivity contribution in [2.45, 2.75) is 6.42 Å². The molecule has 0 spiro atoms. The average molecular weight is 257 g/mol. The minimum atomic E-state index is 0. The van der Waals surface area contributed by atoms with E-state index in [1.807, 2.05) is 35.0 Å². The molecule has 0 aliphatic carbocycles. The van der Waals surface area contributed by atoms with E-state index >= 15 is 0 Å². The maximum Gasteiger partial charge on any atom is 0.151 e. The first kappa shape index (κ1) is 12.9. The first-order valence-corrected chi connectivity index (χ1v) is 5.64. The lowest BCUT2D eigenvalue weighted by atomic mass is 10.4. The fourth-order valence-electron chi connectivity index (χ4n) is 1.37. The van der Waals surface area contributed by atoms with Crippen LogP contribution in [0.2, 0.25) is 0 Å². The van der Waals surface area contributed by atoms with Gasteiger partial charge < -0.3 is 10.1 Å². The van der Waals surface area contributed by atoms with Crippen molar-refractivity contribution in [1.29, 1.82) is 5.41 Å². The summed E-state index contributed by atoms with van der Waals surface area (Å²) in [6, 6.07) is 5.92. The zero-order valence-electron chi connectivity index (χ0n) is 8.59. The lowest BCUT2D eigenvalue weighted by Gasteiger charge is -1.94. The number of fused-ring (bicyclic) bond motifs is 1. The second kappa shape index (κ2) is 5.77. The molecule has 0 saturated heterocycles. The average Bonchev–Trinajstić information content (AvgIpc) is 2.59. The third kappa shape index (κ3) is 3.15. The van der Waals surface area contributed by atoms with Gasteiger partial charge >= 0.3 is 0 Å². The molecule has 0 amide bonds.